The van der Waals surface area contributed by atoms with Crippen LogP contribution in [0.15, 0.2) is 18.3 Å². The van der Waals surface area contributed by atoms with Crippen LogP contribution in [0.1, 0.15) is 17.4 Å². The van der Waals surface area contributed by atoms with E-state index in [1.165, 1.54) is 0 Å². The van der Waals surface area contributed by atoms with Crippen molar-refractivity contribution in [3.63, 3.8) is 0 Å². The number of amides is 1. The molecule has 1 amide bonds. The minimum Gasteiger partial charge on any atom is -0.489 e. The molecule has 1 atom stereocenters. The lowest BCUT2D eigenvalue weighted by Gasteiger charge is -2.14. The Morgan fingerprint density at radius 1 is 1.56 bits per heavy atom. The first-order valence-electron chi connectivity index (χ1n) is 5.16. The van der Waals surface area contributed by atoms with Gasteiger partial charge in [0.2, 0.25) is 0 Å². The topological polar surface area (TPSA) is 63.2 Å². The van der Waals surface area contributed by atoms with Gasteiger partial charge in [0.1, 0.15) is 17.5 Å². The lowest BCUT2D eigenvalue weighted by molar-refractivity contribution is 0.0957. The number of likely N-dealkylation sites (N-methyl/N-ethyl adjacent to an activating group) is 1. The first kappa shape index (κ1) is 12.4. The van der Waals surface area contributed by atoms with Crippen LogP contribution in [-0.4, -0.2) is 37.6 Å². The number of ether oxygens (including phenoxy) is 1. The molecule has 1 unspecified atom stereocenters. The molecule has 16 heavy (non-hydrogen) atoms. The summed E-state index contributed by atoms with van der Waals surface area (Å²) in [5, 5.41) is 5.53. The van der Waals surface area contributed by atoms with Gasteiger partial charge in [0.05, 0.1) is 0 Å². The SMILES string of the molecule is CNCC(C)Oc1ccnc(C(=O)NC)c1. The van der Waals surface area contributed by atoms with Crippen molar-refractivity contribution in [3.8, 4) is 5.75 Å². The fourth-order valence-electron chi connectivity index (χ4n) is 1.30. The van der Waals surface area contributed by atoms with Gasteiger partial charge in [-0.2, -0.15) is 0 Å². The van der Waals surface area contributed by atoms with Crippen LogP contribution in [0, 0.1) is 0 Å². The van der Waals surface area contributed by atoms with Crippen LogP contribution in [0.4, 0.5) is 0 Å². The molecule has 0 aliphatic carbocycles. The summed E-state index contributed by atoms with van der Waals surface area (Å²) in [6, 6.07) is 3.36. The van der Waals surface area contributed by atoms with Gasteiger partial charge in [-0.15, -0.1) is 0 Å². The van der Waals surface area contributed by atoms with Gasteiger partial charge in [0.15, 0.2) is 0 Å². The molecule has 1 heterocycles. The Bertz CT molecular complexity index is 355. The van der Waals surface area contributed by atoms with E-state index in [0.717, 1.165) is 6.54 Å². The number of carbonyl (C=O) groups excluding carboxylic acids is 1. The maximum Gasteiger partial charge on any atom is 0.269 e. The van der Waals surface area contributed by atoms with Crippen molar-refractivity contribution in [2.45, 2.75) is 13.0 Å². The molecule has 1 aromatic rings. The summed E-state index contributed by atoms with van der Waals surface area (Å²) in [7, 11) is 3.43. The average Bonchev–Trinajstić information content (AvgIpc) is 2.28. The van der Waals surface area contributed by atoms with Gasteiger partial charge < -0.3 is 15.4 Å². The van der Waals surface area contributed by atoms with E-state index in [4.69, 9.17) is 4.74 Å². The highest BCUT2D eigenvalue weighted by Gasteiger charge is 2.08. The largest absolute Gasteiger partial charge is 0.489 e. The maximum absolute atomic E-state index is 11.3. The van der Waals surface area contributed by atoms with Crippen molar-refractivity contribution < 1.29 is 9.53 Å². The second-order valence-corrected chi connectivity index (χ2v) is 3.44. The molecule has 0 aliphatic heterocycles. The summed E-state index contributed by atoms with van der Waals surface area (Å²) in [6.45, 7) is 2.70. The maximum atomic E-state index is 11.3. The van der Waals surface area contributed by atoms with Crippen LogP contribution in [0.2, 0.25) is 0 Å². The fourth-order valence-corrected chi connectivity index (χ4v) is 1.30. The van der Waals surface area contributed by atoms with E-state index in [2.05, 4.69) is 15.6 Å². The van der Waals surface area contributed by atoms with E-state index in [1.54, 1.807) is 25.4 Å². The van der Waals surface area contributed by atoms with Gasteiger partial charge in [0, 0.05) is 25.9 Å². The number of hydrogen-bond donors (Lipinski definition) is 2. The zero-order valence-corrected chi connectivity index (χ0v) is 9.78. The quantitative estimate of drug-likeness (QED) is 0.759. The molecular weight excluding hydrogens is 206 g/mol. The Hall–Kier alpha value is -1.62. The van der Waals surface area contributed by atoms with Crippen molar-refractivity contribution in [1.29, 1.82) is 0 Å². The van der Waals surface area contributed by atoms with Crippen LogP contribution in [0.25, 0.3) is 0 Å². The molecule has 0 aromatic carbocycles. The molecular formula is C11H17N3O2. The summed E-state index contributed by atoms with van der Waals surface area (Å²) >= 11 is 0. The lowest BCUT2D eigenvalue weighted by atomic mass is 10.3. The first-order chi connectivity index (χ1) is 7.67. The molecule has 88 valence electrons. The summed E-state index contributed by atoms with van der Waals surface area (Å²) in [6.07, 6.45) is 1.61. The standard InChI is InChI=1S/C11H17N3O2/c1-8(7-12-2)16-9-4-5-14-10(6-9)11(15)13-3/h4-6,8,12H,7H2,1-3H3,(H,13,15). The predicted octanol–water partition coefficient (Wildman–Crippen LogP) is 0.428. The number of pyridine rings is 1. The van der Waals surface area contributed by atoms with Crippen LogP contribution in [0.5, 0.6) is 5.75 Å². The van der Waals surface area contributed by atoms with Gasteiger partial charge in [-0.05, 0) is 20.0 Å². The Kier molecular flexibility index (Phi) is 4.72. The van der Waals surface area contributed by atoms with E-state index < -0.39 is 0 Å². The summed E-state index contributed by atoms with van der Waals surface area (Å²) in [4.78, 5) is 15.3. The summed E-state index contributed by atoms with van der Waals surface area (Å²) < 4.78 is 5.61. The molecule has 2 N–H and O–H groups in total. The Balaban J connectivity index is 2.70. The Labute approximate surface area is 95.2 Å². The monoisotopic (exact) mass is 223 g/mol. The number of aromatic nitrogens is 1. The summed E-state index contributed by atoms with van der Waals surface area (Å²) in [5.74, 6) is 0.433. The lowest BCUT2D eigenvalue weighted by Crippen LogP contribution is -2.26. The molecule has 5 heteroatoms. The van der Waals surface area contributed by atoms with Crippen molar-refractivity contribution in [3.05, 3.63) is 24.0 Å². The minimum absolute atomic E-state index is 0.0462. The molecule has 1 aromatic heterocycles. The van der Waals surface area contributed by atoms with Crippen LogP contribution in [-0.2, 0) is 0 Å². The van der Waals surface area contributed by atoms with E-state index >= 15 is 0 Å². The number of carbonyl (C=O) groups is 1. The number of nitrogens with one attached hydrogen (secondary N) is 2. The zero-order valence-electron chi connectivity index (χ0n) is 9.78. The zero-order chi connectivity index (χ0) is 12.0. The highest BCUT2D eigenvalue weighted by Crippen LogP contribution is 2.12. The second-order valence-electron chi connectivity index (χ2n) is 3.44. The minimum atomic E-state index is -0.216. The second kappa shape index (κ2) is 6.07. The molecule has 0 bridgehead atoms. The number of rotatable bonds is 5. The number of hydrogen-bond acceptors (Lipinski definition) is 4. The molecule has 0 saturated heterocycles. The van der Waals surface area contributed by atoms with E-state index in [9.17, 15) is 4.79 Å². The molecule has 1 rings (SSSR count). The molecule has 0 radical (unpaired) electrons. The van der Waals surface area contributed by atoms with Crippen molar-refractivity contribution in [1.82, 2.24) is 15.6 Å². The molecule has 5 nitrogen and oxygen atoms in total. The normalized spacial score (nSPS) is 11.9. The van der Waals surface area contributed by atoms with E-state index in [0.29, 0.717) is 11.4 Å². The van der Waals surface area contributed by atoms with Gasteiger partial charge in [0.25, 0.3) is 5.91 Å². The van der Waals surface area contributed by atoms with Gasteiger partial charge in [-0.3, -0.25) is 9.78 Å². The molecule has 0 fully saturated rings. The first-order valence-corrected chi connectivity index (χ1v) is 5.16. The average molecular weight is 223 g/mol. The number of nitrogens with zero attached hydrogens (tertiary/aromatic N) is 1. The Morgan fingerprint density at radius 2 is 2.31 bits per heavy atom. The van der Waals surface area contributed by atoms with Crippen LogP contribution in [0.3, 0.4) is 0 Å². The third-order valence-corrected chi connectivity index (χ3v) is 2.02. The molecule has 0 saturated carbocycles. The third-order valence-electron chi connectivity index (χ3n) is 2.02. The summed E-state index contributed by atoms with van der Waals surface area (Å²) in [5.41, 5.74) is 0.358. The fraction of sp³-hybridized carbons (Fsp3) is 0.455. The highest BCUT2D eigenvalue weighted by molar-refractivity contribution is 5.92. The Morgan fingerprint density at radius 3 is 2.94 bits per heavy atom. The predicted molar refractivity (Wildman–Crippen MR) is 61.6 cm³/mol. The molecule has 0 spiro atoms. The van der Waals surface area contributed by atoms with Crippen molar-refractivity contribution in [2.24, 2.45) is 0 Å². The van der Waals surface area contributed by atoms with Crippen LogP contribution >= 0.6 is 0 Å². The molecule has 0 aliphatic rings. The highest BCUT2D eigenvalue weighted by atomic mass is 16.5. The van der Waals surface area contributed by atoms with Crippen molar-refractivity contribution in [2.75, 3.05) is 20.6 Å². The van der Waals surface area contributed by atoms with Gasteiger partial charge >= 0.3 is 0 Å². The van der Waals surface area contributed by atoms with Gasteiger partial charge in [-0.1, -0.05) is 0 Å². The van der Waals surface area contributed by atoms with E-state index in [1.807, 2.05) is 14.0 Å². The smallest absolute Gasteiger partial charge is 0.269 e. The van der Waals surface area contributed by atoms with Crippen LogP contribution < -0.4 is 15.4 Å². The van der Waals surface area contributed by atoms with E-state index in [-0.39, 0.29) is 12.0 Å². The van der Waals surface area contributed by atoms with Gasteiger partial charge in [-0.25, -0.2) is 0 Å². The third kappa shape index (κ3) is 3.51. The van der Waals surface area contributed by atoms with Crippen molar-refractivity contribution >= 4 is 5.91 Å².